The zero-order valence-electron chi connectivity index (χ0n) is 12.2. The van der Waals surface area contributed by atoms with Crippen molar-refractivity contribution >= 4 is 11.9 Å². The van der Waals surface area contributed by atoms with E-state index in [2.05, 4.69) is 0 Å². The van der Waals surface area contributed by atoms with Gasteiger partial charge in [0, 0.05) is 19.0 Å². The molecule has 1 fully saturated rings. The van der Waals surface area contributed by atoms with E-state index in [0.717, 1.165) is 18.8 Å². The molecule has 4 nitrogen and oxygen atoms in total. The average molecular weight is 269 g/mol. The summed E-state index contributed by atoms with van der Waals surface area (Å²) in [5.74, 6) is 0.0815. The third kappa shape index (κ3) is 6.08. The number of carboxylic acid groups (broad SMARTS) is 1. The van der Waals surface area contributed by atoms with Crippen LogP contribution in [0.25, 0.3) is 0 Å². The van der Waals surface area contributed by atoms with E-state index < -0.39 is 5.97 Å². The zero-order chi connectivity index (χ0) is 14.3. The number of rotatable bonds is 8. The van der Waals surface area contributed by atoms with E-state index in [1.165, 1.54) is 25.7 Å². The summed E-state index contributed by atoms with van der Waals surface area (Å²) in [7, 11) is 0. The summed E-state index contributed by atoms with van der Waals surface area (Å²) in [6, 6.07) is 0.0818. The van der Waals surface area contributed by atoms with Crippen LogP contribution in [0.1, 0.15) is 65.2 Å². The minimum Gasteiger partial charge on any atom is -0.481 e. The molecule has 0 radical (unpaired) electrons. The molecule has 1 saturated carbocycles. The first-order valence-electron chi connectivity index (χ1n) is 7.52. The van der Waals surface area contributed by atoms with Crippen molar-refractivity contribution in [3.63, 3.8) is 0 Å². The minimum absolute atomic E-state index is 0.0343. The van der Waals surface area contributed by atoms with Gasteiger partial charge in [0.2, 0.25) is 5.91 Å². The van der Waals surface area contributed by atoms with E-state index in [1.54, 1.807) is 4.90 Å². The quantitative estimate of drug-likeness (QED) is 0.736. The summed E-state index contributed by atoms with van der Waals surface area (Å²) in [5.41, 5.74) is 0. The van der Waals surface area contributed by atoms with Crippen LogP contribution >= 0.6 is 0 Å². The SMILES string of the molecule is CC(C)N(CCC(=O)O)C(=O)CCCC1CCCC1. The summed E-state index contributed by atoms with van der Waals surface area (Å²) in [6.07, 6.45) is 8.02. The van der Waals surface area contributed by atoms with E-state index in [4.69, 9.17) is 5.11 Å². The standard InChI is InChI=1S/C15H27NO3/c1-12(2)16(11-10-15(18)19)14(17)9-5-8-13-6-3-4-7-13/h12-13H,3-11H2,1-2H3,(H,18,19). The van der Waals surface area contributed by atoms with Crippen molar-refractivity contribution in [1.82, 2.24) is 4.90 Å². The molecule has 0 bridgehead atoms. The molecule has 1 aliphatic rings. The van der Waals surface area contributed by atoms with E-state index in [9.17, 15) is 9.59 Å². The van der Waals surface area contributed by atoms with E-state index in [0.29, 0.717) is 13.0 Å². The summed E-state index contributed by atoms with van der Waals surface area (Å²) in [6.45, 7) is 4.21. The molecular formula is C15H27NO3. The number of nitrogens with zero attached hydrogens (tertiary/aromatic N) is 1. The molecule has 0 aliphatic heterocycles. The monoisotopic (exact) mass is 269 g/mol. The molecular weight excluding hydrogens is 242 g/mol. The fourth-order valence-electron chi connectivity index (χ4n) is 2.87. The van der Waals surface area contributed by atoms with Gasteiger partial charge in [-0.3, -0.25) is 9.59 Å². The highest BCUT2D eigenvalue weighted by molar-refractivity contribution is 5.77. The van der Waals surface area contributed by atoms with Crippen molar-refractivity contribution in [2.24, 2.45) is 5.92 Å². The minimum atomic E-state index is -0.843. The molecule has 4 heteroatoms. The molecule has 0 aromatic heterocycles. The molecule has 19 heavy (non-hydrogen) atoms. The molecule has 1 N–H and O–H groups in total. The van der Waals surface area contributed by atoms with Crippen molar-refractivity contribution < 1.29 is 14.7 Å². The van der Waals surface area contributed by atoms with Crippen molar-refractivity contribution in [1.29, 1.82) is 0 Å². The first-order chi connectivity index (χ1) is 9.00. The van der Waals surface area contributed by atoms with Crippen LogP contribution in [0.5, 0.6) is 0 Å². The Bertz CT molecular complexity index is 296. The lowest BCUT2D eigenvalue weighted by Crippen LogP contribution is -2.38. The Morgan fingerprint density at radius 2 is 1.84 bits per heavy atom. The summed E-state index contributed by atoms with van der Waals surface area (Å²) in [5, 5.41) is 8.71. The lowest BCUT2D eigenvalue weighted by molar-refractivity contribution is -0.139. The fraction of sp³-hybridized carbons (Fsp3) is 0.867. The number of carbonyl (C=O) groups is 2. The Balaban J connectivity index is 2.28. The number of carboxylic acids is 1. The Labute approximate surface area is 116 Å². The molecule has 0 saturated heterocycles. The maximum absolute atomic E-state index is 12.1. The molecule has 1 rings (SSSR count). The number of hydrogen-bond acceptors (Lipinski definition) is 2. The summed E-state index contributed by atoms with van der Waals surface area (Å²) < 4.78 is 0. The van der Waals surface area contributed by atoms with Gasteiger partial charge in [-0.2, -0.15) is 0 Å². The second-order valence-corrected chi connectivity index (χ2v) is 5.87. The lowest BCUT2D eigenvalue weighted by Gasteiger charge is -2.26. The molecule has 0 heterocycles. The highest BCUT2D eigenvalue weighted by Crippen LogP contribution is 2.29. The normalized spacial score (nSPS) is 15.9. The fourth-order valence-corrected chi connectivity index (χ4v) is 2.87. The third-order valence-corrected chi connectivity index (χ3v) is 3.99. The molecule has 1 aliphatic carbocycles. The van der Waals surface area contributed by atoms with Crippen LogP contribution in [0.4, 0.5) is 0 Å². The molecule has 0 unspecified atom stereocenters. The zero-order valence-corrected chi connectivity index (χ0v) is 12.2. The molecule has 110 valence electrons. The maximum Gasteiger partial charge on any atom is 0.305 e. The van der Waals surface area contributed by atoms with E-state index in [-0.39, 0.29) is 18.4 Å². The molecule has 0 aromatic carbocycles. The molecule has 0 atom stereocenters. The Morgan fingerprint density at radius 1 is 1.21 bits per heavy atom. The highest BCUT2D eigenvalue weighted by Gasteiger charge is 2.19. The van der Waals surface area contributed by atoms with Gasteiger partial charge in [0.05, 0.1) is 6.42 Å². The Kier molecular flexibility index (Phi) is 6.89. The molecule has 1 amide bonds. The number of amides is 1. The van der Waals surface area contributed by atoms with Crippen LogP contribution in [0.3, 0.4) is 0 Å². The van der Waals surface area contributed by atoms with Crippen LogP contribution in [-0.2, 0) is 9.59 Å². The van der Waals surface area contributed by atoms with E-state index in [1.807, 2.05) is 13.8 Å². The van der Waals surface area contributed by atoms with Crippen molar-refractivity contribution in [2.45, 2.75) is 71.3 Å². The Morgan fingerprint density at radius 3 is 2.37 bits per heavy atom. The number of carbonyl (C=O) groups excluding carboxylic acids is 1. The smallest absolute Gasteiger partial charge is 0.305 e. The average Bonchev–Trinajstić information content (AvgIpc) is 2.81. The van der Waals surface area contributed by atoms with E-state index >= 15 is 0 Å². The van der Waals surface area contributed by atoms with Gasteiger partial charge in [-0.15, -0.1) is 0 Å². The van der Waals surface area contributed by atoms with Gasteiger partial charge in [0.25, 0.3) is 0 Å². The first kappa shape index (κ1) is 16.0. The predicted molar refractivity (Wildman–Crippen MR) is 74.9 cm³/mol. The van der Waals surface area contributed by atoms with Crippen LogP contribution in [0, 0.1) is 5.92 Å². The summed E-state index contributed by atoms with van der Waals surface area (Å²) in [4.78, 5) is 24.4. The second kappa shape index (κ2) is 8.18. The Hall–Kier alpha value is -1.06. The van der Waals surface area contributed by atoms with Crippen molar-refractivity contribution in [3.05, 3.63) is 0 Å². The largest absolute Gasteiger partial charge is 0.481 e. The van der Waals surface area contributed by atoms with Gasteiger partial charge in [-0.05, 0) is 32.6 Å². The molecule has 0 spiro atoms. The molecule has 0 aromatic rings. The second-order valence-electron chi connectivity index (χ2n) is 5.87. The maximum atomic E-state index is 12.1. The summed E-state index contributed by atoms with van der Waals surface area (Å²) >= 11 is 0. The van der Waals surface area contributed by atoms with Crippen molar-refractivity contribution in [3.8, 4) is 0 Å². The van der Waals surface area contributed by atoms with Crippen LogP contribution in [-0.4, -0.2) is 34.5 Å². The van der Waals surface area contributed by atoms with Gasteiger partial charge in [0.1, 0.15) is 0 Å². The van der Waals surface area contributed by atoms with Crippen LogP contribution in [0.2, 0.25) is 0 Å². The number of hydrogen-bond donors (Lipinski definition) is 1. The topological polar surface area (TPSA) is 57.6 Å². The van der Waals surface area contributed by atoms with Gasteiger partial charge < -0.3 is 10.0 Å². The third-order valence-electron chi connectivity index (χ3n) is 3.99. The predicted octanol–water partition coefficient (Wildman–Crippen LogP) is 3.06. The van der Waals surface area contributed by atoms with Crippen molar-refractivity contribution in [2.75, 3.05) is 6.54 Å². The van der Waals surface area contributed by atoms with Gasteiger partial charge in [-0.1, -0.05) is 25.7 Å². The van der Waals surface area contributed by atoms with Crippen LogP contribution < -0.4 is 0 Å². The first-order valence-corrected chi connectivity index (χ1v) is 7.52. The number of aliphatic carboxylic acids is 1. The highest BCUT2D eigenvalue weighted by atomic mass is 16.4. The lowest BCUT2D eigenvalue weighted by atomic mass is 10.0. The van der Waals surface area contributed by atoms with Gasteiger partial charge in [0.15, 0.2) is 0 Å². The van der Waals surface area contributed by atoms with Crippen LogP contribution in [0.15, 0.2) is 0 Å². The van der Waals surface area contributed by atoms with Gasteiger partial charge >= 0.3 is 5.97 Å². The van der Waals surface area contributed by atoms with Gasteiger partial charge in [-0.25, -0.2) is 0 Å².